The second kappa shape index (κ2) is 20.0. The third kappa shape index (κ3) is 12.8. The normalized spacial score (nSPS) is 11.6. The highest BCUT2D eigenvalue weighted by molar-refractivity contribution is 7.92. The molecule has 0 aliphatic heterocycles. The van der Waals surface area contributed by atoms with Crippen LogP contribution >= 0.6 is 0 Å². The third-order valence-electron chi connectivity index (χ3n) is 8.58. The highest BCUT2D eigenvalue weighted by atomic mass is 32.2. The van der Waals surface area contributed by atoms with Crippen molar-refractivity contribution >= 4 is 49.3 Å². The number of terminal acetylenes is 1. The fourth-order valence-corrected chi connectivity index (χ4v) is 7.35. The average Bonchev–Trinajstić information content (AvgIpc) is 3.22. The van der Waals surface area contributed by atoms with Crippen LogP contribution in [0, 0.1) is 24.2 Å². The lowest BCUT2D eigenvalue weighted by Gasteiger charge is -2.28. The summed E-state index contributed by atoms with van der Waals surface area (Å²) >= 11 is 0. The van der Waals surface area contributed by atoms with Gasteiger partial charge in [-0.3, -0.25) is 4.79 Å². The first-order valence-electron chi connectivity index (χ1n) is 19.8. The Kier molecular flexibility index (Phi) is 15.6. The van der Waals surface area contributed by atoms with E-state index in [-0.39, 0.29) is 38.6 Å². The van der Waals surface area contributed by atoms with Gasteiger partial charge in [-0.05, 0) is 111 Å². The Morgan fingerprint density at radius 1 is 0.656 bits per heavy atom. The SMILES string of the molecule is C#Cc1nc(-c2ccc(S(=O)(=O)C(C)C)cc2)cnc1N(C(=O)OC(C)(C)C)C(=O)OC(C)(C)C.CC(C)S(=O)(=O)c1ccc(-c2cnc(N)c(C#CC(=O)c3ccccc3)n2)cc1. The number of Topliss-reactive ketones (excluding diaryl/α,β-unsaturated/α-hetero) is 1. The summed E-state index contributed by atoms with van der Waals surface area (Å²) in [6.07, 6.45) is 6.40. The summed E-state index contributed by atoms with van der Waals surface area (Å²) in [6.45, 7) is 16.4. The Morgan fingerprint density at radius 2 is 1.08 bits per heavy atom. The van der Waals surface area contributed by atoms with E-state index in [2.05, 4.69) is 37.7 Å². The molecule has 64 heavy (non-hydrogen) atoms. The number of rotatable bonds is 8. The van der Waals surface area contributed by atoms with Crippen molar-refractivity contribution < 1.29 is 40.7 Å². The van der Waals surface area contributed by atoms with Crippen molar-refractivity contribution in [2.75, 3.05) is 10.6 Å². The number of sulfone groups is 2. The standard InChI is InChI=1S/C25H31N3O6S.C22H19N3O3S/c1-10-19-21(28(22(29)33-24(4,5)6)23(30)34-25(7,8)9)26-15-20(27-19)17-11-13-18(14-12-17)35(31,32)16(2)3;1-15(2)29(27,28)18-10-8-16(9-11-18)20-14-24-22(23)19(25-20)12-13-21(26)17-6-4-3-5-7-17/h1,11-16H,2-9H3;3-11,14-15H,1-2H3,(H2,23,24). The van der Waals surface area contributed by atoms with Crippen molar-refractivity contribution in [3.05, 3.63) is 108 Å². The van der Waals surface area contributed by atoms with Crippen LogP contribution in [0.25, 0.3) is 22.5 Å². The zero-order valence-corrected chi connectivity index (χ0v) is 38.8. The Morgan fingerprint density at radius 3 is 1.48 bits per heavy atom. The van der Waals surface area contributed by atoms with Crippen molar-refractivity contribution in [3.63, 3.8) is 0 Å². The average molecular weight is 907 g/mol. The summed E-state index contributed by atoms with van der Waals surface area (Å²) in [4.78, 5) is 56.0. The number of aromatic nitrogens is 4. The van der Waals surface area contributed by atoms with Crippen LogP contribution in [-0.4, -0.2) is 76.4 Å². The van der Waals surface area contributed by atoms with Gasteiger partial charge in [0.15, 0.2) is 42.7 Å². The predicted molar refractivity (Wildman–Crippen MR) is 245 cm³/mol. The van der Waals surface area contributed by atoms with Crippen LogP contribution in [0.5, 0.6) is 0 Å². The predicted octanol–water partition coefficient (Wildman–Crippen LogP) is 8.13. The first-order chi connectivity index (χ1) is 29.7. The van der Waals surface area contributed by atoms with Crippen LogP contribution < -0.4 is 10.6 Å². The van der Waals surface area contributed by atoms with E-state index in [1.54, 1.807) is 118 Å². The molecule has 0 atom stereocenters. The lowest BCUT2D eigenvalue weighted by molar-refractivity contribution is 0.0428. The fourth-order valence-electron chi connectivity index (χ4n) is 5.23. The van der Waals surface area contributed by atoms with Gasteiger partial charge in [-0.25, -0.2) is 46.4 Å². The highest BCUT2D eigenvalue weighted by Crippen LogP contribution is 2.27. The molecule has 0 bridgehead atoms. The molecule has 5 aromatic rings. The number of ketones is 1. The number of carbonyl (C=O) groups is 3. The molecule has 2 amide bonds. The molecular formula is C47H50N6O9S2. The smallest absolute Gasteiger partial charge is 0.425 e. The van der Waals surface area contributed by atoms with Crippen molar-refractivity contribution in [1.82, 2.24) is 19.9 Å². The molecule has 2 aromatic heterocycles. The minimum absolute atomic E-state index is 0.0990. The van der Waals surface area contributed by atoms with Crippen LogP contribution in [0.2, 0.25) is 0 Å². The molecule has 3 aromatic carbocycles. The van der Waals surface area contributed by atoms with Crippen LogP contribution in [-0.2, 0) is 29.1 Å². The molecule has 0 aliphatic rings. The summed E-state index contributed by atoms with van der Waals surface area (Å²) in [5.41, 5.74) is 6.61. The second-order valence-electron chi connectivity index (χ2n) is 16.5. The maximum atomic E-state index is 12.9. The van der Waals surface area contributed by atoms with Crippen molar-refractivity contribution in [2.45, 2.75) is 101 Å². The molecule has 17 heteroatoms. The van der Waals surface area contributed by atoms with Crippen LogP contribution in [0.15, 0.2) is 101 Å². The Balaban J connectivity index is 0.000000285. The highest BCUT2D eigenvalue weighted by Gasteiger charge is 2.35. The number of amides is 2. The van der Waals surface area contributed by atoms with Gasteiger partial charge in [0.25, 0.3) is 0 Å². The zero-order chi connectivity index (χ0) is 47.8. The fraction of sp³-hybridized carbons (Fsp3) is 0.298. The molecule has 0 unspecified atom stereocenters. The molecule has 0 aliphatic carbocycles. The maximum Gasteiger partial charge on any atom is 0.425 e. The summed E-state index contributed by atoms with van der Waals surface area (Å²) in [5, 5.41) is -1.07. The lowest BCUT2D eigenvalue weighted by Crippen LogP contribution is -2.44. The van der Waals surface area contributed by atoms with Gasteiger partial charge in [0, 0.05) is 16.7 Å². The van der Waals surface area contributed by atoms with Gasteiger partial charge in [0.05, 0.1) is 44.1 Å². The molecule has 2 heterocycles. The topological polar surface area (TPSA) is 219 Å². The summed E-state index contributed by atoms with van der Waals surface area (Å²) < 4.78 is 60.0. The lowest BCUT2D eigenvalue weighted by atomic mass is 10.1. The molecule has 2 N–H and O–H groups in total. The number of benzene rings is 3. The quantitative estimate of drug-likeness (QED) is 0.115. The summed E-state index contributed by atoms with van der Waals surface area (Å²) in [7, 11) is -6.78. The number of nitrogen functional groups attached to an aromatic ring is 1. The van der Waals surface area contributed by atoms with Crippen molar-refractivity contribution in [2.24, 2.45) is 0 Å². The van der Waals surface area contributed by atoms with Gasteiger partial charge in [-0.2, -0.15) is 4.90 Å². The Labute approximate surface area is 374 Å². The number of hydrogen-bond acceptors (Lipinski definition) is 14. The van der Waals surface area contributed by atoms with Gasteiger partial charge >= 0.3 is 12.2 Å². The number of anilines is 2. The van der Waals surface area contributed by atoms with Gasteiger partial charge in [0.1, 0.15) is 11.2 Å². The Hall–Kier alpha value is -6.95. The van der Waals surface area contributed by atoms with E-state index in [0.717, 1.165) is 0 Å². The molecule has 0 saturated heterocycles. The number of nitrogens with zero attached hydrogens (tertiary/aromatic N) is 5. The van der Waals surface area contributed by atoms with E-state index in [4.69, 9.17) is 21.6 Å². The molecule has 334 valence electrons. The largest absolute Gasteiger partial charge is 0.443 e. The van der Waals surface area contributed by atoms with Crippen molar-refractivity contribution in [3.8, 4) is 46.7 Å². The van der Waals surface area contributed by atoms with E-state index >= 15 is 0 Å². The van der Waals surface area contributed by atoms with Crippen molar-refractivity contribution in [1.29, 1.82) is 0 Å². The van der Waals surface area contributed by atoms with Crippen LogP contribution in [0.4, 0.5) is 21.2 Å². The second-order valence-corrected chi connectivity index (χ2v) is 21.5. The van der Waals surface area contributed by atoms with Gasteiger partial charge in [-0.1, -0.05) is 54.6 Å². The molecule has 0 saturated carbocycles. The van der Waals surface area contributed by atoms with E-state index < -0.39 is 53.6 Å². The van der Waals surface area contributed by atoms with Gasteiger partial charge in [0.2, 0.25) is 5.78 Å². The van der Waals surface area contributed by atoms with E-state index in [1.807, 2.05) is 6.07 Å². The zero-order valence-electron chi connectivity index (χ0n) is 37.2. The minimum atomic E-state index is -3.43. The number of nitrogens with two attached hydrogens (primary N) is 1. The summed E-state index contributed by atoms with van der Waals surface area (Å²) in [6, 6.07) is 21.2. The minimum Gasteiger partial charge on any atom is -0.443 e. The van der Waals surface area contributed by atoms with E-state index in [9.17, 15) is 31.2 Å². The molecular weight excluding hydrogens is 857 g/mol. The third-order valence-corrected chi connectivity index (χ3v) is 12.9. The number of carbonyl (C=O) groups excluding carboxylic acids is 3. The van der Waals surface area contributed by atoms with Crippen LogP contribution in [0.3, 0.4) is 0 Å². The van der Waals surface area contributed by atoms with Gasteiger partial charge < -0.3 is 15.2 Å². The Bertz CT molecular complexity index is 2820. The number of hydrogen-bond donors (Lipinski definition) is 1. The maximum absolute atomic E-state index is 12.9. The number of imide groups is 1. The van der Waals surface area contributed by atoms with Gasteiger partial charge in [-0.15, -0.1) is 6.42 Å². The molecule has 0 radical (unpaired) electrons. The van der Waals surface area contributed by atoms with E-state index in [0.29, 0.717) is 33.0 Å². The molecule has 0 spiro atoms. The first-order valence-corrected chi connectivity index (χ1v) is 22.9. The first kappa shape index (κ1) is 49.7. The molecule has 5 rings (SSSR count). The molecule has 15 nitrogen and oxygen atoms in total. The van der Waals surface area contributed by atoms with Crippen LogP contribution in [0.1, 0.15) is 91.0 Å². The number of ether oxygens (including phenoxy) is 2. The summed E-state index contributed by atoms with van der Waals surface area (Å²) in [5.74, 6) is 7.09. The molecule has 0 fully saturated rings. The van der Waals surface area contributed by atoms with E-state index in [1.165, 1.54) is 36.7 Å². The monoisotopic (exact) mass is 906 g/mol.